The summed E-state index contributed by atoms with van der Waals surface area (Å²) in [6.45, 7) is 8.95. The van der Waals surface area contributed by atoms with E-state index in [9.17, 15) is 0 Å². The van der Waals surface area contributed by atoms with Gasteiger partial charge in [-0.05, 0) is 17.8 Å². The third-order valence-corrected chi connectivity index (χ3v) is 2.03. The van der Waals surface area contributed by atoms with Crippen LogP contribution in [0, 0.1) is 11.3 Å². The second-order valence-electron chi connectivity index (χ2n) is 4.04. The van der Waals surface area contributed by atoms with Crippen LogP contribution in [0.5, 0.6) is 0 Å². The molecule has 0 aromatic heterocycles. The van der Waals surface area contributed by atoms with Gasteiger partial charge in [0.15, 0.2) is 0 Å². The summed E-state index contributed by atoms with van der Waals surface area (Å²) in [7, 11) is 0. The molecule has 0 aliphatic rings. The van der Waals surface area contributed by atoms with Gasteiger partial charge in [-0.15, -0.1) is 0 Å². The average molecular weight is 144 g/mol. The van der Waals surface area contributed by atoms with Crippen LogP contribution in [-0.4, -0.2) is 11.7 Å². The Hall–Kier alpha value is -0.0400. The van der Waals surface area contributed by atoms with Gasteiger partial charge in [0.25, 0.3) is 0 Å². The monoisotopic (exact) mass is 144 g/mol. The van der Waals surface area contributed by atoms with Crippen molar-refractivity contribution < 1.29 is 5.11 Å². The molecule has 0 aromatic carbocycles. The highest BCUT2D eigenvalue weighted by Gasteiger charge is 2.18. The predicted molar refractivity (Wildman–Crippen MR) is 44.9 cm³/mol. The first-order chi connectivity index (χ1) is 4.52. The predicted octanol–water partition coefficient (Wildman–Crippen LogP) is 2.44. The van der Waals surface area contributed by atoms with Crippen molar-refractivity contribution in [3.63, 3.8) is 0 Å². The van der Waals surface area contributed by atoms with Gasteiger partial charge in [0.1, 0.15) is 0 Å². The van der Waals surface area contributed by atoms with E-state index < -0.39 is 0 Å². The Labute approximate surface area is 64.5 Å². The summed E-state index contributed by atoms with van der Waals surface area (Å²) < 4.78 is 0. The highest BCUT2D eigenvalue weighted by molar-refractivity contribution is 4.69. The molecule has 0 spiro atoms. The van der Waals surface area contributed by atoms with Gasteiger partial charge in [-0.25, -0.2) is 0 Å². The molecule has 0 heterocycles. The van der Waals surface area contributed by atoms with Gasteiger partial charge in [0, 0.05) is 6.61 Å². The van der Waals surface area contributed by atoms with E-state index in [2.05, 4.69) is 27.7 Å². The number of aliphatic hydroxyl groups excluding tert-OH is 1. The van der Waals surface area contributed by atoms with Crippen molar-refractivity contribution in [2.45, 2.75) is 40.5 Å². The van der Waals surface area contributed by atoms with E-state index in [0.29, 0.717) is 6.61 Å². The van der Waals surface area contributed by atoms with E-state index in [1.165, 1.54) is 6.42 Å². The van der Waals surface area contributed by atoms with E-state index in [1.54, 1.807) is 0 Å². The first-order valence-electron chi connectivity index (χ1n) is 4.12. The Morgan fingerprint density at radius 3 is 2.20 bits per heavy atom. The van der Waals surface area contributed by atoms with Crippen LogP contribution in [0.2, 0.25) is 0 Å². The molecule has 1 N–H and O–H groups in total. The molecule has 0 saturated heterocycles. The zero-order valence-corrected chi connectivity index (χ0v) is 7.65. The normalized spacial score (nSPS) is 15.3. The Kier molecular flexibility index (Phi) is 3.95. The van der Waals surface area contributed by atoms with Crippen molar-refractivity contribution in [1.29, 1.82) is 0 Å². The lowest BCUT2D eigenvalue weighted by atomic mass is 9.83. The zero-order valence-electron chi connectivity index (χ0n) is 7.65. The van der Waals surface area contributed by atoms with Gasteiger partial charge in [-0.2, -0.15) is 0 Å². The molecule has 0 amide bonds. The molecule has 1 unspecified atom stereocenters. The average Bonchev–Trinajstić information content (AvgIpc) is 1.87. The maximum atomic E-state index is 8.94. The second-order valence-corrected chi connectivity index (χ2v) is 4.04. The van der Waals surface area contributed by atoms with Crippen molar-refractivity contribution in [3.8, 4) is 0 Å². The molecule has 1 nitrogen and oxygen atoms in total. The Balaban J connectivity index is 3.64. The van der Waals surface area contributed by atoms with Gasteiger partial charge in [0.2, 0.25) is 0 Å². The van der Waals surface area contributed by atoms with E-state index in [1.807, 2.05) is 0 Å². The van der Waals surface area contributed by atoms with Gasteiger partial charge < -0.3 is 5.11 Å². The van der Waals surface area contributed by atoms with Crippen LogP contribution in [0.4, 0.5) is 0 Å². The molecule has 62 valence electrons. The quantitative estimate of drug-likeness (QED) is 0.642. The first kappa shape index (κ1) is 9.96. The minimum absolute atomic E-state index is 0.120. The lowest BCUT2D eigenvalue weighted by Crippen LogP contribution is -2.19. The van der Waals surface area contributed by atoms with Crippen LogP contribution in [-0.2, 0) is 0 Å². The van der Waals surface area contributed by atoms with Crippen molar-refractivity contribution >= 4 is 0 Å². The summed E-state index contributed by atoms with van der Waals surface area (Å²) in [6, 6.07) is 0. The third-order valence-electron chi connectivity index (χ3n) is 2.03. The van der Waals surface area contributed by atoms with Crippen molar-refractivity contribution in [1.82, 2.24) is 0 Å². The highest BCUT2D eigenvalue weighted by Crippen LogP contribution is 2.25. The summed E-state index contributed by atoms with van der Waals surface area (Å²) in [4.78, 5) is 0. The highest BCUT2D eigenvalue weighted by atomic mass is 16.3. The topological polar surface area (TPSA) is 20.2 Å². The fourth-order valence-corrected chi connectivity index (χ4v) is 1.15. The molecule has 0 radical (unpaired) electrons. The van der Waals surface area contributed by atoms with E-state index in [0.717, 1.165) is 12.3 Å². The molecule has 0 aliphatic heterocycles. The van der Waals surface area contributed by atoms with Crippen molar-refractivity contribution in [2.75, 3.05) is 6.61 Å². The lowest BCUT2D eigenvalue weighted by Gasteiger charge is -2.24. The van der Waals surface area contributed by atoms with Crippen LogP contribution >= 0.6 is 0 Å². The zero-order chi connectivity index (χ0) is 8.20. The number of hydrogen-bond donors (Lipinski definition) is 1. The second kappa shape index (κ2) is 3.97. The molecule has 0 bridgehead atoms. The van der Waals surface area contributed by atoms with Crippen molar-refractivity contribution in [3.05, 3.63) is 0 Å². The minimum atomic E-state index is 0.120. The van der Waals surface area contributed by atoms with Gasteiger partial charge >= 0.3 is 0 Å². The molecule has 10 heavy (non-hydrogen) atoms. The summed E-state index contributed by atoms with van der Waals surface area (Å²) in [5.41, 5.74) is 0.120. The number of hydrogen-bond acceptors (Lipinski definition) is 1. The smallest absolute Gasteiger partial charge is 0.0482 e. The first-order valence-corrected chi connectivity index (χ1v) is 4.12. The van der Waals surface area contributed by atoms with Crippen LogP contribution in [0.3, 0.4) is 0 Å². The van der Waals surface area contributed by atoms with Gasteiger partial charge in [0.05, 0.1) is 0 Å². The summed E-state index contributed by atoms with van der Waals surface area (Å²) in [5.74, 6) is 0.738. The van der Waals surface area contributed by atoms with Gasteiger partial charge in [-0.3, -0.25) is 0 Å². The maximum absolute atomic E-state index is 8.94. The maximum Gasteiger partial charge on any atom is 0.0482 e. The molecular weight excluding hydrogens is 124 g/mol. The fraction of sp³-hybridized carbons (Fsp3) is 1.00. The van der Waals surface area contributed by atoms with Crippen LogP contribution < -0.4 is 0 Å². The summed E-state index contributed by atoms with van der Waals surface area (Å²) >= 11 is 0. The molecule has 0 rings (SSSR count). The van der Waals surface area contributed by atoms with Gasteiger partial charge in [-0.1, -0.05) is 34.1 Å². The standard InChI is InChI=1S/C9H20O/c1-5-8(2)6-9(3,4)7-10/h8,10H,5-7H2,1-4H3. The largest absolute Gasteiger partial charge is 0.396 e. The molecule has 0 aromatic rings. The number of aliphatic hydroxyl groups is 1. The fourth-order valence-electron chi connectivity index (χ4n) is 1.15. The third kappa shape index (κ3) is 3.89. The minimum Gasteiger partial charge on any atom is -0.396 e. The van der Waals surface area contributed by atoms with Crippen LogP contribution in [0.1, 0.15) is 40.5 Å². The molecule has 1 atom stereocenters. The molecular formula is C9H20O. The summed E-state index contributed by atoms with van der Waals surface area (Å²) in [5, 5.41) is 8.94. The van der Waals surface area contributed by atoms with E-state index >= 15 is 0 Å². The molecule has 1 heteroatoms. The number of rotatable bonds is 4. The van der Waals surface area contributed by atoms with Crippen LogP contribution in [0.25, 0.3) is 0 Å². The molecule has 0 fully saturated rings. The Morgan fingerprint density at radius 2 is 1.90 bits per heavy atom. The molecule has 0 saturated carbocycles. The Morgan fingerprint density at radius 1 is 1.40 bits per heavy atom. The van der Waals surface area contributed by atoms with Crippen molar-refractivity contribution in [2.24, 2.45) is 11.3 Å². The molecule has 0 aliphatic carbocycles. The Bertz CT molecular complexity index is 86.7. The van der Waals surface area contributed by atoms with Crippen LogP contribution in [0.15, 0.2) is 0 Å². The summed E-state index contributed by atoms with van der Waals surface area (Å²) in [6.07, 6.45) is 2.34. The van der Waals surface area contributed by atoms with E-state index in [-0.39, 0.29) is 5.41 Å². The van der Waals surface area contributed by atoms with E-state index in [4.69, 9.17) is 5.11 Å². The SMILES string of the molecule is CCC(C)CC(C)(C)CO. The lowest BCUT2D eigenvalue weighted by molar-refractivity contribution is 0.132.